The number of rotatable bonds is 8. The van der Waals surface area contributed by atoms with Crippen molar-refractivity contribution >= 4 is 50.7 Å². The molecule has 3 rings (SSSR count). The SMILES string of the molecule is Cc1nc([N+](=O)[O-])cn1CCC(=O)Nc1ccc2nc(SCC(F)F)sc2c1. The fourth-order valence-electron chi connectivity index (χ4n) is 2.43. The summed E-state index contributed by atoms with van der Waals surface area (Å²) in [5, 5.41) is 13.5. The summed E-state index contributed by atoms with van der Waals surface area (Å²) < 4.78 is 27.5. The first-order chi connectivity index (χ1) is 13.3. The van der Waals surface area contributed by atoms with Crippen LogP contribution >= 0.6 is 23.1 Å². The molecule has 2 heterocycles. The van der Waals surface area contributed by atoms with Gasteiger partial charge < -0.3 is 20.0 Å². The lowest BCUT2D eigenvalue weighted by Crippen LogP contribution is -2.14. The zero-order valence-electron chi connectivity index (χ0n) is 14.6. The number of fused-ring (bicyclic) bond motifs is 1. The van der Waals surface area contributed by atoms with E-state index in [2.05, 4.69) is 15.3 Å². The normalized spacial score (nSPS) is 11.3. The van der Waals surface area contributed by atoms with Crippen molar-refractivity contribution < 1.29 is 18.5 Å². The molecule has 0 saturated carbocycles. The first kappa shape index (κ1) is 20.1. The summed E-state index contributed by atoms with van der Waals surface area (Å²) >= 11 is 2.29. The maximum atomic E-state index is 12.3. The number of alkyl halides is 2. The zero-order chi connectivity index (χ0) is 20.3. The molecule has 0 saturated heterocycles. The van der Waals surface area contributed by atoms with Crippen molar-refractivity contribution in [2.75, 3.05) is 11.1 Å². The molecule has 0 radical (unpaired) electrons. The minimum absolute atomic E-state index is 0.116. The molecular formula is C16H15F2N5O3S2. The molecule has 8 nitrogen and oxygen atoms in total. The number of nitrogens with one attached hydrogen (secondary N) is 1. The van der Waals surface area contributed by atoms with Crippen LogP contribution in [0.5, 0.6) is 0 Å². The maximum absolute atomic E-state index is 12.3. The number of benzene rings is 1. The van der Waals surface area contributed by atoms with Crippen LogP contribution in [0, 0.1) is 17.0 Å². The van der Waals surface area contributed by atoms with Gasteiger partial charge in [0.15, 0.2) is 4.34 Å². The smallest absolute Gasteiger partial charge is 0.358 e. The minimum atomic E-state index is -2.40. The standard InChI is InChI=1S/C16H15F2N5O3S2/c1-9-19-14(23(25)26)7-22(9)5-4-15(24)20-10-2-3-11-12(6-10)28-16(21-11)27-8-13(17)18/h2-3,6-7,13H,4-5,8H2,1H3,(H,20,24). The van der Waals surface area contributed by atoms with Crippen LogP contribution in [0.3, 0.4) is 0 Å². The molecule has 148 valence electrons. The molecule has 1 N–H and O–H groups in total. The van der Waals surface area contributed by atoms with Gasteiger partial charge in [-0.3, -0.25) is 4.79 Å². The average molecular weight is 427 g/mol. The van der Waals surface area contributed by atoms with E-state index >= 15 is 0 Å². The fourth-order valence-corrected chi connectivity index (χ4v) is 4.31. The van der Waals surface area contributed by atoms with Crippen molar-refractivity contribution in [3.63, 3.8) is 0 Å². The number of amides is 1. The van der Waals surface area contributed by atoms with Crippen LogP contribution in [0.1, 0.15) is 12.2 Å². The Morgan fingerprint density at radius 3 is 2.89 bits per heavy atom. The van der Waals surface area contributed by atoms with E-state index < -0.39 is 11.3 Å². The van der Waals surface area contributed by atoms with E-state index in [0.29, 0.717) is 21.4 Å². The second-order valence-corrected chi connectivity index (χ2v) is 8.06. The van der Waals surface area contributed by atoms with Gasteiger partial charge in [-0.1, -0.05) is 11.8 Å². The molecule has 0 bridgehead atoms. The molecule has 1 amide bonds. The highest BCUT2D eigenvalue weighted by atomic mass is 32.2. The number of hydrogen-bond donors (Lipinski definition) is 1. The van der Waals surface area contributed by atoms with Gasteiger partial charge in [0, 0.05) is 25.6 Å². The van der Waals surface area contributed by atoms with Gasteiger partial charge in [-0.25, -0.2) is 13.8 Å². The Labute approximate surface area is 166 Å². The molecule has 0 aliphatic heterocycles. The van der Waals surface area contributed by atoms with E-state index in [-0.39, 0.29) is 30.4 Å². The van der Waals surface area contributed by atoms with Gasteiger partial charge in [-0.05, 0) is 28.1 Å². The molecule has 28 heavy (non-hydrogen) atoms. The number of nitro groups is 1. The number of hydrogen-bond acceptors (Lipinski definition) is 7. The third-order valence-corrected chi connectivity index (χ3v) is 5.89. The number of nitrogens with zero attached hydrogens (tertiary/aromatic N) is 4. The Bertz CT molecular complexity index is 1020. The van der Waals surface area contributed by atoms with Crippen LogP contribution < -0.4 is 5.32 Å². The van der Waals surface area contributed by atoms with Gasteiger partial charge in [-0.15, -0.1) is 11.3 Å². The Morgan fingerprint density at radius 1 is 1.43 bits per heavy atom. The summed E-state index contributed by atoms with van der Waals surface area (Å²) in [6, 6.07) is 5.15. The molecule has 3 aromatic rings. The lowest BCUT2D eigenvalue weighted by Gasteiger charge is -2.06. The lowest BCUT2D eigenvalue weighted by molar-refractivity contribution is -0.389. The van der Waals surface area contributed by atoms with E-state index in [0.717, 1.165) is 16.5 Å². The summed E-state index contributed by atoms with van der Waals surface area (Å²) in [7, 11) is 0. The number of aryl methyl sites for hydroxylation is 2. The second-order valence-electron chi connectivity index (χ2n) is 5.76. The van der Waals surface area contributed by atoms with Gasteiger partial charge in [-0.2, -0.15) is 0 Å². The largest absolute Gasteiger partial charge is 0.381 e. The average Bonchev–Trinajstić information content (AvgIpc) is 3.21. The first-order valence-corrected chi connectivity index (χ1v) is 9.91. The van der Waals surface area contributed by atoms with Crippen molar-refractivity contribution in [3.8, 4) is 0 Å². The van der Waals surface area contributed by atoms with Crippen molar-refractivity contribution in [3.05, 3.63) is 40.3 Å². The highest BCUT2D eigenvalue weighted by Gasteiger charge is 2.16. The van der Waals surface area contributed by atoms with Crippen LogP contribution in [0.25, 0.3) is 10.2 Å². The highest BCUT2D eigenvalue weighted by molar-refractivity contribution is 8.01. The number of carbonyl (C=O) groups excluding carboxylic acids is 1. The quantitative estimate of drug-likeness (QED) is 0.330. The van der Waals surface area contributed by atoms with E-state index in [4.69, 9.17) is 0 Å². The number of thiazole rings is 1. The van der Waals surface area contributed by atoms with Crippen LogP contribution in [0.2, 0.25) is 0 Å². The third-order valence-electron chi connectivity index (χ3n) is 3.72. The van der Waals surface area contributed by atoms with Crippen LogP contribution in [0.15, 0.2) is 28.7 Å². The van der Waals surface area contributed by atoms with Gasteiger partial charge in [0.2, 0.25) is 18.2 Å². The first-order valence-electron chi connectivity index (χ1n) is 8.11. The van der Waals surface area contributed by atoms with Crippen molar-refractivity contribution in [1.29, 1.82) is 0 Å². The number of aromatic nitrogens is 3. The Hall–Kier alpha value is -2.60. The summed E-state index contributed by atoms with van der Waals surface area (Å²) in [5.74, 6) is -0.365. The number of carbonyl (C=O) groups is 1. The van der Waals surface area contributed by atoms with Crippen LogP contribution in [0.4, 0.5) is 20.3 Å². The molecule has 0 unspecified atom stereocenters. The van der Waals surface area contributed by atoms with Gasteiger partial charge in [0.25, 0.3) is 0 Å². The summed E-state index contributed by atoms with van der Waals surface area (Å²) in [6.07, 6.45) is -0.984. The second kappa shape index (κ2) is 8.61. The molecule has 0 aliphatic rings. The third kappa shape index (κ3) is 5.01. The fraction of sp³-hybridized carbons (Fsp3) is 0.312. The predicted molar refractivity (Wildman–Crippen MR) is 103 cm³/mol. The van der Waals surface area contributed by atoms with Crippen molar-refractivity contribution in [2.24, 2.45) is 0 Å². The number of halogens is 2. The summed E-state index contributed by atoms with van der Waals surface area (Å²) in [5.41, 5.74) is 1.25. The van der Waals surface area contributed by atoms with Crippen LogP contribution in [-0.4, -0.2) is 37.5 Å². The molecular weight excluding hydrogens is 412 g/mol. The van der Waals surface area contributed by atoms with Crippen LogP contribution in [-0.2, 0) is 11.3 Å². The number of imidazole rings is 1. The molecule has 0 aliphatic carbocycles. The number of thioether (sulfide) groups is 1. The Morgan fingerprint density at radius 2 is 2.21 bits per heavy atom. The lowest BCUT2D eigenvalue weighted by atomic mass is 10.3. The molecule has 0 spiro atoms. The Balaban J connectivity index is 1.60. The minimum Gasteiger partial charge on any atom is -0.358 e. The van der Waals surface area contributed by atoms with E-state index in [9.17, 15) is 23.7 Å². The summed E-state index contributed by atoms with van der Waals surface area (Å²) in [6.45, 7) is 1.89. The predicted octanol–water partition coefficient (Wildman–Crippen LogP) is 4.10. The van der Waals surface area contributed by atoms with E-state index in [1.807, 2.05) is 0 Å². The zero-order valence-corrected chi connectivity index (χ0v) is 16.2. The van der Waals surface area contributed by atoms with E-state index in [1.165, 1.54) is 17.5 Å². The molecule has 2 aromatic heterocycles. The topological polar surface area (TPSA) is 103 Å². The van der Waals surface area contributed by atoms with Crippen molar-refractivity contribution in [1.82, 2.24) is 14.5 Å². The molecule has 1 aromatic carbocycles. The van der Waals surface area contributed by atoms with Gasteiger partial charge >= 0.3 is 5.82 Å². The van der Waals surface area contributed by atoms with Crippen molar-refractivity contribution in [2.45, 2.75) is 30.7 Å². The highest BCUT2D eigenvalue weighted by Crippen LogP contribution is 2.32. The molecule has 0 atom stereocenters. The van der Waals surface area contributed by atoms with Gasteiger partial charge in [0.1, 0.15) is 6.20 Å². The maximum Gasteiger partial charge on any atom is 0.381 e. The summed E-state index contributed by atoms with van der Waals surface area (Å²) in [4.78, 5) is 30.4. The molecule has 0 fully saturated rings. The Kier molecular flexibility index (Phi) is 6.19. The number of anilines is 1. The molecule has 12 heteroatoms. The van der Waals surface area contributed by atoms with E-state index in [1.54, 1.807) is 29.7 Å². The monoisotopic (exact) mass is 427 g/mol. The van der Waals surface area contributed by atoms with Gasteiger partial charge in [0.05, 0.1) is 16.0 Å².